The molecule has 0 aromatic carbocycles. The van der Waals surface area contributed by atoms with E-state index in [1.807, 2.05) is 0 Å². The third-order valence-electron chi connectivity index (χ3n) is 4.42. The van der Waals surface area contributed by atoms with Gasteiger partial charge in [-0.25, -0.2) is 0 Å². The molecule has 2 heteroatoms. The van der Waals surface area contributed by atoms with E-state index in [-0.39, 0.29) is 5.97 Å². The molecule has 0 aliphatic heterocycles. The molecule has 126 valence electrons. The first-order valence-corrected chi connectivity index (χ1v) is 9.16. The predicted molar refractivity (Wildman–Crippen MR) is 91.4 cm³/mol. The Labute approximate surface area is 133 Å². The second-order valence-corrected chi connectivity index (χ2v) is 6.82. The van der Waals surface area contributed by atoms with E-state index in [1.165, 1.54) is 71.3 Å². The molecule has 0 fully saturated rings. The summed E-state index contributed by atoms with van der Waals surface area (Å²) in [7, 11) is 1.47. The van der Waals surface area contributed by atoms with Crippen molar-refractivity contribution < 1.29 is 9.53 Å². The summed E-state index contributed by atoms with van der Waals surface area (Å²) < 4.78 is 4.69. The van der Waals surface area contributed by atoms with Gasteiger partial charge >= 0.3 is 5.97 Å². The first kappa shape index (κ1) is 20.5. The average molecular weight is 299 g/mol. The van der Waals surface area contributed by atoms with Crippen LogP contribution in [0, 0.1) is 11.8 Å². The van der Waals surface area contributed by atoms with Crippen LogP contribution in [0.25, 0.3) is 0 Å². The Kier molecular flexibility index (Phi) is 14.0. The lowest BCUT2D eigenvalue weighted by atomic mass is 9.90. The minimum absolute atomic E-state index is 0.0717. The Hall–Kier alpha value is -0.530. The molecule has 21 heavy (non-hydrogen) atoms. The zero-order valence-corrected chi connectivity index (χ0v) is 15.0. The van der Waals surface area contributed by atoms with Crippen LogP contribution in [0.5, 0.6) is 0 Å². The van der Waals surface area contributed by atoms with Gasteiger partial charge in [0.25, 0.3) is 0 Å². The Morgan fingerprint density at radius 2 is 1.38 bits per heavy atom. The Morgan fingerprint density at radius 1 is 0.857 bits per heavy atom. The van der Waals surface area contributed by atoms with E-state index in [1.54, 1.807) is 0 Å². The van der Waals surface area contributed by atoms with Crippen LogP contribution in [0.15, 0.2) is 0 Å². The molecular weight excluding hydrogens is 260 g/mol. The van der Waals surface area contributed by atoms with Crippen molar-refractivity contribution in [2.24, 2.45) is 11.8 Å². The molecule has 0 amide bonds. The fraction of sp³-hybridized carbons (Fsp3) is 0.947. The lowest BCUT2D eigenvalue weighted by Gasteiger charge is -2.16. The molecule has 0 N–H and O–H groups in total. The number of methoxy groups -OCH3 is 1. The molecule has 0 aliphatic rings. The summed E-state index contributed by atoms with van der Waals surface area (Å²) in [5.41, 5.74) is 0. The predicted octanol–water partition coefficient (Wildman–Crippen LogP) is 6.13. The molecule has 0 aromatic heterocycles. The van der Waals surface area contributed by atoms with Crippen molar-refractivity contribution in [1.29, 1.82) is 0 Å². The van der Waals surface area contributed by atoms with E-state index in [0.29, 0.717) is 12.3 Å². The van der Waals surface area contributed by atoms with Gasteiger partial charge in [-0.05, 0) is 24.7 Å². The number of hydrogen-bond acceptors (Lipinski definition) is 2. The number of rotatable bonds is 14. The largest absolute Gasteiger partial charge is 0.469 e. The molecule has 0 aliphatic carbocycles. The summed E-state index contributed by atoms with van der Waals surface area (Å²) in [5.74, 6) is 1.35. The number of ether oxygens (including phenoxy) is 1. The van der Waals surface area contributed by atoms with Gasteiger partial charge in [-0.1, -0.05) is 78.6 Å². The highest BCUT2D eigenvalue weighted by atomic mass is 16.5. The molecule has 2 atom stereocenters. The lowest BCUT2D eigenvalue weighted by molar-refractivity contribution is -0.140. The van der Waals surface area contributed by atoms with Crippen molar-refractivity contribution in [1.82, 2.24) is 0 Å². The topological polar surface area (TPSA) is 26.3 Å². The molecule has 2 nitrogen and oxygen atoms in total. The van der Waals surface area contributed by atoms with Gasteiger partial charge in [-0.3, -0.25) is 4.79 Å². The number of carbonyl (C=O) groups is 1. The smallest absolute Gasteiger partial charge is 0.305 e. The first-order chi connectivity index (χ1) is 10.1. The van der Waals surface area contributed by atoms with Crippen LogP contribution >= 0.6 is 0 Å². The third-order valence-corrected chi connectivity index (χ3v) is 4.42. The number of hydrogen-bond donors (Lipinski definition) is 0. The van der Waals surface area contributed by atoms with Gasteiger partial charge in [0.2, 0.25) is 0 Å². The van der Waals surface area contributed by atoms with Crippen LogP contribution in [-0.2, 0) is 9.53 Å². The van der Waals surface area contributed by atoms with Crippen molar-refractivity contribution in [2.45, 2.75) is 97.8 Å². The molecule has 0 bridgehead atoms. The highest BCUT2D eigenvalue weighted by Gasteiger charge is 2.11. The molecule has 0 spiro atoms. The van der Waals surface area contributed by atoms with Gasteiger partial charge in [0.1, 0.15) is 0 Å². The van der Waals surface area contributed by atoms with E-state index < -0.39 is 0 Å². The summed E-state index contributed by atoms with van der Waals surface area (Å²) in [4.78, 5) is 11.1. The van der Waals surface area contributed by atoms with Crippen LogP contribution in [-0.4, -0.2) is 13.1 Å². The van der Waals surface area contributed by atoms with Crippen LogP contribution in [0.3, 0.4) is 0 Å². The lowest BCUT2D eigenvalue weighted by Crippen LogP contribution is -2.07. The van der Waals surface area contributed by atoms with Crippen molar-refractivity contribution in [3.63, 3.8) is 0 Å². The summed E-state index contributed by atoms with van der Waals surface area (Å²) >= 11 is 0. The van der Waals surface area contributed by atoms with Crippen LogP contribution < -0.4 is 0 Å². The van der Waals surface area contributed by atoms with Crippen LogP contribution in [0.2, 0.25) is 0 Å². The fourth-order valence-electron chi connectivity index (χ4n) is 3.02. The quantitative estimate of drug-likeness (QED) is 0.285. The van der Waals surface area contributed by atoms with E-state index in [0.717, 1.165) is 12.3 Å². The number of carbonyl (C=O) groups excluding carboxylic acids is 1. The van der Waals surface area contributed by atoms with Gasteiger partial charge in [-0.15, -0.1) is 0 Å². The molecule has 0 aromatic rings. The molecule has 0 heterocycles. The fourth-order valence-corrected chi connectivity index (χ4v) is 3.02. The highest BCUT2D eigenvalue weighted by Crippen LogP contribution is 2.22. The maximum Gasteiger partial charge on any atom is 0.305 e. The van der Waals surface area contributed by atoms with E-state index in [9.17, 15) is 4.79 Å². The van der Waals surface area contributed by atoms with Gasteiger partial charge in [-0.2, -0.15) is 0 Å². The maximum absolute atomic E-state index is 11.1. The van der Waals surface area contributed by atoms with Gasteiger partial charge in [0, 0.05) is 6.42 Å². The second-order valence-electron chi connectivity index (χ2n) is 6.82. The molecular formula is C19H38O2. The normalized spacial score (nSPS) is 13.9. The SMILES string of the molecule is CCCCCCCCCCC(C)CC(C)CCC(=O)OC. The molecule has 2 unspecified atom stereocenters. The Morgan fingerprint density at radius 3 is 1.95 bits per heavy atom. The standard InChI is InChI=1S/C19H38O2/c1-5-6-7-8-9-10-11-12-13-17(2)16-18(3)14-15-19(20)21-4/h17-18H,5-16H2,1-4H3. The molecule has 0 saturated carbocycles. The summed E-state index contributed by atoms with van der Waals surface area (Å²) in [6, 6.07) is 0. The van der Waals surface area contributed by atoms with Crippen molar-refractivity contribution in [2.75, 3.05) is 7.11 Å². The van der Waals surface area contributed by atoms with Gasteiger partial charge < -0.3 is 4.74 Å². The van der Waals surface area contributed by atoms with Crippen molar-refractivity contribution >= 4 is 5.97 Å². The summed E-state index contributed by atoms with van der Waals surface area (Å²) in [5, 5.41) is 0. The van der Waals surface area contributed by atoms with E-state index in [2.05, 4.69) is 20.8 Å². The minimum atomic E-state index is -0.0717. The Bertz CT molecular complexity index is 238. The number of unbranched alkanes of at least 4 members (excludes halogenated alkanes) is 7. The average Bonchev–Trinajstić information content (AvgIpc) is 2.47. The van der Waals surface area contributed by atoms with E-state index in [4.69, 9.17) is 4.74 Å². The minimum Gasteiger partial charge on any atom is -0.469 e. The van der Waals surface area contributed by atoms with Crippen molar-refractivity contribution in [3.8, 4) is 0 Å². The van der Waals surface area contributed by atoms with Gasteiger partial charge in [0.05, 0.1) is 7.11 Å². The number of esters is 1. The first-order valence-electron chi connectivity index (χ1n) is 9.16. The second kappa shape index (κ2) is 14.4. The molecule has 0 rings (SSSR count). The third kappa shape index (κ3) is 14.2. The monoisotopic (exact) mass is 298 g/mol. The van der Waals surface area contributed by atoms with Crippen LogP contribution in [0.1, 0.15) is 97.8 Å². The Balaban J connectivity index is 3.40. The van der Waals surface area contributed by atoms with E-state index >= 15 is 0 Å². The highest BCUT2D eigenvalue weighted by molar-refractivity contribution is 5.69. The van der Waals surface area contributed by atoms with Gasteiger partial charge in [0.15, 0.2) is 0 Å². The van der Waals surface area contributed by atoms with Crippen molar-refractivity contribution in [3.05, 3.63) is 0 Å². The summed E-state index contributed by atoms with van der Waals surface area (Å²) in [6.45, 7) is 6.89. The zero-order chi connectivity index (χ0) is 15.9. The maximum atomic E-state index is 11.1. The summed E-state index contributed by atoms with van der Waals surface area (Å²) in [6.07, 6.45) is 15.3. The molecule has 0 radical (unpaired) electrons. The zero-order valence-electron chi connectivity index (χ0n) is 15.0. The molecule has 0 saturated heterocycles. The van der Waals surface area contributed by atoms with Crippen LogP contribution in [0.4, 0.5) is 0 Å².